The zero-order chi connectivity index (χ0) is 16.9. The molecule has 0 aliphatic heterocycles. The highest BCUT2D eigenvalue weighted by Crippen LogP contribution is 2.21. The van der Waals surface area contributed by atoms with Crippen LogP contribution in [0.3, 0.4) is 0 Å². The number of aromatic nitrogens is 2. The quantitative estimate of drug-likeness (QED) is 0.741. The molecular formula is C17H18N4O2S. The molecule has 0 bridgehead atoms. The molecule has 1 N–H and O–H groups in total. The summed E-state index contributed by atoms with van der Waals surface area (Å²) in [5.74, 6) is 0.734. The Balaban J connectivity index is 1.67. The third-order valence-electron chi connectivity index (χ3n) is 3.82. The number of anilines is 1. The molecule has 24 heavy (non-hydrogen) atoms. The molecule has 0 saturated heterocycles. The molecule has 1 aromatic carbocycles. The van der Waals surface area contributed by atoms with E-state index < -0.39 is 0 Å². The van der Waals surface area contributed by atoms with Crippen LogP contribution >= 0.6 is 11.5 Å². The van der Waals surface area contributed by atoms with Crippen molar-refractivity contribution < 1.29 is 9.21 Å². The van der Waals surface area contributed by atoms with E-state index >= 15 is 0 Å². The van der Waals surface area contributed by atoms with Crippen LogP contribution in [0.15, 0.2) is 53.4 Å². The molecule has 1 atom stereocenters. The fraction of sp³-hybridized carbons (Fsp3) is 0.235. The van der Waals surface area contributed by atoms with Gasteiger partial charge in [-0.2, -0.15) is 4.37 Å². The molecule has 3 rings (SSSR count). The second-order valence-electron chi connectivity index (χ2n) is 5.51. The van der Waals surface area contributed by atoms with Crippen LogP contribution in [0.5, 0.6) is 0 Å². The van der Waals surface area contributed by atoms with Gasteiger partial charge in [-0.3, -0.25) is 15.0 Å². The summed E-state index contributed by atoms with van der Waals surface area (Å²) in [6.45, 7) is 2.80. The lowest BCUT2D eigenvalue weighted by molar-refractivity contribution is 0.102. The van der Waals surface area contributed by atoms with Crippen molar-refractivity contribution in [2.24, 2.45) is 0 Å². The number of furan rings is 1. The standard InChI is InChI=1S/C17H18N4O2S/c1-12(15-7-4-8-23-15)21(2)10-13-5-3-6-14(9-13)16(22)20-17-18-11-19-24-17/h3-9,11-12H,10H2,1-2H3,(H,18,19,20,22)/t12-/m0/s1. The van der Waals surface area contributed by atoms with Crippen molar-refractivity contribution in [1.82, 2.24) is 14.3 Å². The summed E-state index contributed by atoms with van der Waals surface area (Å²) in [5.41, 5.74) is 1.66. The first-order valence-corrected chi connectivity index (χ1v) is 8.31. The van der Waals surface area contributed by atoms with E-state index in [2.05, 4.69) is 26.5 Å². The van der Waals surface area contributed by atoms with E-state index in [1.165, 1.54) is 6.33 Å². The molecule has 0 aliphatic rings. The highest BCUT2D eigenvalue weighted by molar-refractivity contribution is 7.09. The molecule has 0 radical (unpaired) electrons. The lowest BCUT2D eigenvalue weighted by Gasteiger charge is -2.23. The molecule has 0 fully saturated rings. The van der Waals surface area contributed by atoms with Crippen LogP contribution in [-0.2, 0) is 6.54 Å². The summed E-state index contributed by atoms with van der Waals surface area (Å²) >= 11 is 1.15. The molecule has 6 nitrogen and oxygen atoms in total. The molecule has 1 amide bonds. The Hall–Kier alpha value is -2.51. The van der Waals surface area contributed by atoms with Gasteiger partial charge >= 0.3 is 0 Å². The number of rotatable bonds is 6. The Bertz CT molecular complexity index is 787. The number of nitrogens with one attached hydrogen (secondary N) is 1. The van der Waals surface area contributed by atoms with E-state index in [1.807, 2.05) is 37.4 Å². The van der Waals surface area contributed by atoms with Gasteiger partial charge in [-0.05, 0) is 43.8 Å². The maximum Gasteiger partial charge on any atom is 0.257 e. The number of nitrogens with zero attached hydrogens (tertiary/aromatic N) is 3. The Morgan fingerprint density at radius 2 is 2.25 bits per heavy atom. The van der Waals surface area contributed by atoms with E-state index in [-0.39, 0.29) is 11.9 Å². The highest BCUT2D eigenvalue weighted by atomic mass is 32.1. The molecule has 0 unspecified atom stereocenters. The van der Waals surface area contributed by atoms with Crippen molar-refractivity contribution in [3.8, 4) is 0 Å². The minimum absolute atomic E-state index is 0.152. The lowest BCUT2D eigenvalue weighted by atomic mass is 10.1. The van der Waals surface area contributed by atoms with Crippen molar-refractivity contribution >= 4 is 22.6 Å². The van der Waals surface area contributed by atoms with Crippen LogP contribution in [0.2, 0.25) is 0 Å². The van der Waals surface area contributed by atoms with Gasteiger partial charge in [0.25, 0.3) is 5.91 Å². The summed E-state index contributed by atoms with van der Waals surface area (Å²) in [7, 11) is 2.03. The average molecular weight is 342 g/mol. The van der Waals surface area contributed by atoms with Crippen molar-refractivity contribution in [3.05, 3.63) is 65.9 Å². The topological polar surface area (TPSA) is 71.3 Å². The van der Waals surface area contributed by atoms with Crippen LogP contribution in [-0.4, -0.2) is 27.2 Å². The number of carbonyl (C=O) groups is 1. The maximum atomic E-state index is 12.3. The summed E-state index contributed by atoms with van der Waals surface area (Å²) in [4.78, 5) is 18.4. The minimum atomic E-state index is -0.185. The Morgan fingerprint density at radius 1 is 1.38 bits per heavy atom. The van der Waals surface area contributed by atoms with Crippen LogP contribution in [0, 0.1) is 0 Å². The van der Waals surface area contributed by atoms with Gasteiger partial charge in [-0.1, -0.05) is 12.1 Å². The zero-order valence-electron chi connectivity index (χ0n) is 13.5. The van der Waals surface area contributed by atoms with E-state index in [9.17, 15) is 4.79 Å². The van der Waals surface area contributed by atoms with Gasteiger partial charge in [-0.15, -0.1) is 0 Å². The van der Waals surface area contributed by atoms with Crippen molar-refractivity contribution in [1.29, 1.82) is 0 Å². The van der Waals surface area contributed by atoms with Crippen molar-refractivity contribution in [2.45, 2.75) is 19.5 Å². The van der Waals surface area contributed by atoms with Crippen LogP contribution < -0.4 is 5.32 Å². The predicted molar refractivity (Wildman–Crippen MR) is 92.9 cm³/mol. The first-order valence-electron chi connectivity index (χ1n) is 7.54. The second-order valence-corrected chi connectivity index (χ2v) is 6.29. The lowest BCUT2D eigenvalue weighted by Crippen LogP contribution is -2.22. The molecule has 124 valence electrons. The van der Waals surface area contributed by atoms with Gasteiger partial charge in [0.05, 0.1) is 12.3 Å². The van der Waals surface area contributed by atoms with Crippen LogP contribution in [0.1, 0.15) is 34.6 Å². The first kappa shape index (κ1) is 16.4. The summed E-state index contributed by atoms with van der Waals surface area (Å²) < 4.78 is 9.33. The molecule has 7 heteroatoms. The molecule has 2 heterocycles. The minimum Gasteiger partial charge on any atom is -0.468 e. The first-order chi connectivity index (χ1) is 11.6. The number of carbonyl (C=O) groups excluding carboxylic acids is 1. The van der Waals surface area contributed by atoms with Crippen LogP contribution in [0.4, 0.5) is 5.13 Å². The Labute approximate surface area is 144 Å². The highest BCUT2D eigenvalue weighted by Gasteiger charge is 2.15. The third-order valence-corrected chi connectivity index (χ3v) is 4.40. The Morgan fingerprint density at radius 3 is 2.96 bits per heavy atom. The normalized spacial score (nSPS) is 12.3. The zero-order valence-corrected chi connectivity index (χ0v) is 14.3. The number of hydrogen-bond acceptors (Lipinski definition) is 6. The van der Waals surface area contributed by atoms with Gasteiger partial charge in [0.15, 0.2) is 0 Å². The van der Waals surface area contributed by atoms with Crippen LogP contribution in [0.25, 0.3) is 0 Å². The third kappa shape index (κ3) is 3.87. The largest absolute Gasteiger partial charge is 0.468 e. The van der Waals surface area contributed by atoms with Gasteiger partial charge in [-0.25, -0.2) is 4.98 Å². The predicted octanol–water partition coefficient (Wildman–Crippen LogP) is 3.58. The van der Waals surface area contributed by atoms with E-state index in [0.29, 0.717) is 17.2 Å². The van der Waals surface area contributed by atoms with Gasteiger partial charge in [0.1, 0.15) is 12.1 Å². The van der Waals surface area contributed by atoms with Gasteiger partial charge in [0, 0.05) is 23.6 Å². The summed E-state index contributed by atoms with van der Waals surface area (Å²) in [6, 6.07) is 11.6. The summed E-state index contributed by atoms with van der Waals surface area (Å²) in [6.07, 6.45) is 3.10. The number of hydrogen-bond donors (Lipinski definition) is 1. The monoisotopic (exact) mass is 342 g/mol. The molecule has 0 aliphatic carbocycles. The SMILES string of the molecule is C[C@@H](c1ccco1)N(C)Cc1cccc(C(=O)Nc2ncns2)c1. The second kappa shape index (κ2) is 7.37. The molecule has 2 aromatic heterocycles. The van der Waals surface area contributed by atoms with E-state index in [1.54, 1.807) is 12.3 Å². The molecular weight excluding hydrogens is 324 g/mol. The van der Waals surface area contributed by atoms with Gasteiger partial charge in [0.2, 0.25) is 5.13 Å². The fourth-order valence-corrected chi connectivity index (χ4v) is 2.81. The average Bonchev–Trinajstić information content (AvgIpc) is 3.28. The maximum absolute atomic E-state index is 12.3. The van der Waals surface area contributed by atoms with E-state index in [0.717, 1.165) is 22.9 Å². The summed E-state index contributed by atoms with van der Waals surface area (Å²) in [5, 5.41) is 3.24. The molecule has 0 saturated carbocycles. The van der Waals surface area contributed by atoms with Crippen molar-refractivity contribution in [2.75, 3.05) is 12.4 Å². The number of amides is 1. The number of benzene rings is 1. The smallest absolute Gasteiger partial charge is 0.257 e. The van der Waals surface area contributed by atoms with Crippen molar-refractivity contribution in [3.63, 3.8) is 0 Å². The fourth-order valence-electron chi connectivity index (χ4n) is 2.38. The molecule has 0 spiro atoms. The molecule has 3 aromatic rings. The van der Waals surface area contributed by atoms with E-state index in [4.69, 9.17) is 4.42 Å². The van der Waals surface area contributed by atoms with Gasteiger partial charge < -0.3 is 4.42 Å². The Kier molecular flexibility index (Phi) is 5.02.